The highest BCUT2D eigenvalue weighted by molar-refractivity contribution is 5.78. The van der Waals surface area contributed by atoms with Crippen molar-refractivity contribution in [1.29, 1.82) is 0 Å². The van der Waals surface area contributed by atoms with Gasteiger partial charge in [-0.3, -0.25) is 4.99 Å². The molecule has 2 saturated carbocycles. The molecule has 0 amide bonds. The molecule has 3 N–H and O–H groups in total. The lowest BCUT2D eigenvalue weighted by molar-refractivity contribution is -0.137. The van der Waals surface area contributed by atoms with Gasteiger partial charge in [0.15, 0.2) is 5.96 Å². The molecule has 2 aliphatic carbocycles. The van der Waals surface area contributed by atoms with E-state index in [4.69, 9.17) is 5.73 Å². The van der Waals surface area contributed by atoms with Crippen LogP contribution >= 0.6 is 0 Å². The Hall–Kier alpha value is -1.72. The summed E-state index contributed by atoms with van der Waals surface area (Å²) < 4.78 is 37.6. The highest BCUT2D eigenvalue weighted by Crippen LogP contribution is 2.38. The molecule has 1 aromatic carbocycles. The van der Waals surface area contributed by atoms with E-state index in [1.807, 2.05) is 0 Å². The Bertz CT molecular complexity index is 541. The summed E-state index contributed by atoms with van der Waals surface area (Å²) in [6, 6.07) is 6.12. The first kappa shape index (κ1) is 15.2. The number of nitrogens with two attached hydrogens (primary N) is 1. The number of guanidine groups is 1. The van der Waals surface area contributed by atoms with E-state index in [0.717, 1.165) is 43.4 Å². The van der Waals surface area contributed by atoms with E-state index < -0.39 is 11.7 Å². The molecule has 3 rings (SSSR count). The molecule has 120 valence electrons. The van der Waals surface area contributed by atoms with E-state index in [-0.39, 0.29) is 6.04 Å². The molecule has 0 spiro atoms. The van der Waals surface area contributed by atoms with E-state index in [1.165, 1.54) is 6.42 Å². The zero-order valence-electron chi connectivity index (χ0n) is 12.2. The minimum Gasteiger partial charge on any atom is -0.370 e. The number of hydrogen-bond acceptors (Lipinski definition) is 1. The summed E-state index contributed by atoms with van der Waals surface area (Å²) in [5.74, 6) is 0.803. The Morgan fingerprint density at radius 3 is 2.27 bits per heavy atom. The lowest BCUT2D eigenvalue weighted by atomic mass is 9.76. The molecule has 3 nitrogen and oxygen atoms in total. The van der Waals surface area contributed by atoms with Gasteiger partial charge < -0.3 is 11.1 Å². The summed E-state index contributed by atoms with van der Waals surface area (Å²) in [5.41, 5.74) is 6.22. The lowest BCUT2D eigenvalue weighted by Crippen LogP contribution is -2.47. The van der Waals surface area contributed by atoms with E-state index in [2.05, 4.69) is 10.3 Å². The average Bonchev–Trinajstić information content (AvgIpc) is 2.37. The van der Waals surface area contributed by atoms with Crippen LogP contribution in [0.25, 0.3) is 0 Å². The molecule has 2 aliphatic rings. The fourth-order valence-electron chi connectivity index (χ4n) is 2.91. The Morgan fingerprint density at radius 2 is 1.77 bits per heavy atom. The molecule has 22 heavy (non-hydrogen) atoms. The summed E-state index contributed by atoms with van der Waals surface area (Å²) in [6.07, 6.45) is 0.941. The van der Waals surface area contributed by atoms with Crippen LogP contribution in [0.3, 0.4) is 0 Å². The van der Waals surface area contributed by atoms with Gasteiger partial charge in [-0.05, 0) is 55.7 Å². The third-order valence-corrected chi connectivity index (χ3v) is 4.60. The van der Waals surface area contributed by atoms with Crippen molar-refractivity contribution in [2.45, 2.75) is 56.3 Å². The molecule has 0 radical (unpaired) electrons. The molecule has 0 unspecified atom stereocenters. The Balaban J connectivity index is 1.49. The van der Waals surface area contributed by atoms with Gasteiger partial charge in [0.2, 0.25) is 0 Å². The zero-order valence-corrected chi connectivity index (χ0v) is 12.2. The van der Waals surface area contributed by atoms with Gasteiger partial charge in [0, 0.05) is 6.04 Å². The highest BCUT2D eigenvalue weighted by atomic mass is 19.4. The molecule has 0 aromatic heterocycles. The van der Waals surface area contributed by atoms with Crippen molar-refractivity contribution >= 4 is 5.96 Å². The summed E-state index contributed by atoms with van der Waals surface area (Å²) in [6.45, 7) is 0. The molecule has 0 bridgehead atoms. The fraction of sp³-hybridized carbons (Fsp3) is 0.562. The van der Waals surface area contributed by atoms with Crippen LogP contribution < -0.4 is 11.1 Å². The van der Waals surface area contributed by atoms with Gasteiger partial charge in [0.05, 0.1) is 11.6 Å². The van der Waals surface area contributed by atoms with Crippen molar-refractivity contribution < 1.29 is 13.2 Å². The monoisotopic (exact) mass is 311 g/mol. The molecule has 2 fully saturated rings. The third kappa shape index (κ3) is 3.36. The van der Waals surface area contributed by atoms with Crippen molar-refractivity contribution in [3.8, 4) is 0 Å². The topological polar surface area (TPSA) is 50.4 Å². The van der Waals surface area contributed by atoms with Gasteiger partial charge in [0.25, 0.3) is 0 Å². The molecule has 0 atom stereocenters. The molecular formula is C16H20F3N3. The minimum atomic E-state index is -4.27. The predicted octanol–water partition coefficient (Wildman–Crippen LogP) is 3.41. The number of hydrogen-bond donors (Lipinski definition) is 2. The largest absolute Gasteiger partial charge is 0.416 e. The second kappa shape index (κ2) is 5.82. The number of benzene rings is 1. The quantitative estimate of drug-likeness (QED) is 0.664. The van der Waals surface area contributed by atoms with Crippen LogP contribution in [0.2, 0.25) is 0 Å². The van der Waals surface area contributed by atoms with Gasteiger partial charge in [-0.25, -0.2) is 0 Å². The molecule has 0 saturated heterocycles. The van der Waals surface area contributed by atoms with E-state index in [0.29, 0.717) is 17.9 Å². The highest BCUT2D eigenvalue weighted by Gasteiger charge is 2.33. The predicted molar refractivity (Wildman–Crippen MR) is 79.6 cm³/mol. The van der Waals surface area contributed by atoms with Crippen molar-refractivity contribution in [2.24, 2.45) is 10.7 Å². The first-order chi connectivity index (χ1) is 10.4. The minimum absolute atomic E-state index is 0.274. The van der Waals surface area contributed by atoms with E-state index in [1.54, 1.807) is 12.1 Å². The first-order valence-corrected chi connectivity index (χ1v) is 7.69. The molecule has 6 heteroatoms. The van der Waals surface area contributed by atoms with Crippen LogP contribution in [0.15, 0.2) is 29.3 Å². The summed E-state index contributed by atoms with van der Waals surface area (Å²) in [7, 11) is 0. The van der Waals surface area contributed by atoms with E-state index in [9.17, 15) is 13.2 Å². The lowest BCUT2D eigenvalue weighted by Gasteiger charge is -2.37. The van der Waals surface area contributed by atoms with Crippen molar-refractivity contribution in [3.63, 3.8) is 0 Å². The molecular weight excluding hydrogens is 291 g/mol. The van der Waals surface area contributed by atoms with Crippen LogP contribution in [0.1, 0.15) is 49.1 Å². The second-order valence-corrected chi connectivity index (χ2v) is 6.23. The van der Waals surface area contributed by atoms with E-state index >= 15 is 0 Å². The maximum Gasteiger partial charge on any atom is 0.416 e. The maximum atomic E-state index is 12.5. The van der Waals surface area contributed by atoms with Crippen molar-refractivity contribution in [3.05, 3.63) is 35.4 Å². The van der Waals surface area contributed by atoms with Crippen LogP contribution in [0, 0.1) is 0 Å². The van der Waals surface area contributed by atoms with Crippen LogP contribution in [-0.2, 0) is 6.18 Å². The number of rotatable bonds is 3. The number of nitrogens with one attached hydrogen (secondary N) is 1. The fourth-order valence-corrected chi connectivity index (χ4v) is 2.91. The summed E-state index contributed by atoms with van der Waals surface area (Å²) >= 11 is 0. The Labute approximate surface area is 127 Å². The van der Waals surface area contributed by atoms with Crippen LogP contribution in [-0.4, -0.2) is 18.0 Å². The van der Waals surface area contributed by atoms with Gasteiger partial charge >= 0.3 is 6.18 Å². The van der Waals surface area contributed by atoms with Crippen molar-refractivity contribution in [2.75, 3.05) is 0 Å². The van der Waals surface area contributed by atoms with Crippen LogP contribution in [0.4, 0.5) is 13.2 Å². The van der Waals surface area contributed by atoms with Crippen LogP contribution in [0.5, 0.6) is 0 Å². The zero-order chi connectivity index (χ0) is 15.7. The smallest absolute Gasteiger partial charge is 0.370 e. The third-order valence-electron chi connectivity index (χ3n) is 4.60. The average molecular weight is 311 g/mol. The van der Waals surface area contributed by atoms with Gasteiger partial charge in [-0.15, -0.1) is 0 Å². The SMILES string of the molecule is NC(=NC1CCC1)NC1CC(c2ccc(C(F)(F)F)cc2)C1. The Kier molecular flexibility index (Phi) is 4.02. The van der Waals surface area contributed by atoms with Gasteiger partial charge in [-0.1, -0.05) is 12.1 Å². The van der Waals surface area contributed by atoms with Gasteiger partial charge in [0.1, 0.15) is 0 Å². The molecule has 0 heterocycles. The standard InChI is InChI=1S/C16H20F3N3/c17-16(18,19)12-6-4-10(5-7-12)11-8-14(9-11)22-15(20)21-13-2-1-3-13/h4-7,11,13-14H,1-3,8-9H2,(H3,20,21,22). The van der Waals surface area contributed by atoms with Gasteiger partial charge in [-0.2, -0.15) is 13.2 Å². The Morgan fingerprint density at radius 1 is 1.14 bits per heavy atom. The van der Waals surface area contributed by atoms with Crippen molar-refractivity contribution in [1.82, 2.24) is 5.32 Å². The first-order valence-electron chi connectivity index (χ1n) is 7.69. The number of alkyl halides is 3. The molecule has 1 aromatic rings. The second-order valence-electron chi connectivity index (χ2n) is 6.23. The number of halogens is 3. The normalized spacial score (nSPS) is 26.2. The number of nitrogens with zero attached hydrogens (tertiary/aromatic N) is 1. The maximum absolute atomic E-state index is 12.5. The summed E-state index contributed by atoms with van der Waals surface area (Å²) in [5, 5.41) is 3.20. The molecule has 0 aliphatic heterocycles. The number of aliphatic imine (C=N–C) groups is 1. The summed E-state index contributed by atoms with van der Waals surface area (Å²) in [4.78, 5) is 4.40.